The van der Waals surface area contributed by atoms with Crippen molar-refractivity contribution in [2.45, 2.75) is 83.7 Å². The summed E-state index contributed by atoms with van der Waals surface area (Å²) >= 11 is 0. The van der Waals surface area contributed by atoms with Gasteiger partial charge in [-0.1, -0.05) is 43.2 Å². The number of aryl methyl sites for hydroxylation is 1. The highest BCUT2D eigenvalue weighted by molar-refractivity contribution is 6.04. The number of piperazine rings is 1. The molecule has 0 spiro atoms. The van der Waals surface area contributed by atoms with Crippen LogP contribution in [0.1, 0.15) is 69.4 Å². The van der Waals surface area contributed by atoms with E-state index >= 15 is 0 Å². The smallest absolute Gasteiger partial charge is 0.318 e. The summed E-state index contributed by atoms with van der Waals surface area (Å²) in [6, 6.07) is 13.2. The zero-order valence-corrected chi connectivity index (χ0v) is 36.4. The number of likely N-dealkylation sites (tertiary alicyclic amines) is 2. The van der Waals surface area contributed by atoms with E-state index in [1.54, 1.807) is 23.5 Å². The third kappa shape index (κ3) is 10.3. The number of aromatic nitrogens is 3. The van der Waals surface area contributed by atoms with Gasteiger partial charge in [-0.05, 0) is 92.8 Å². The van der Waals surface area contributed by atoms with Crippen molar-refractivity contribution in [2.24, 2.45) is 10.9 Å². The number of hydrogen-bond acceptors (Lipinski definition) is 8. The molecule has 4 aliphatic rings. The van der Waals surface area contributed by atoms with Gasteiger partial charge >= 0.3 is 6.03 Å². The fourth-order valence-corrected chi connectivity index (χ4v) is 9.41. The van der Waals surface area contributed by atoms with Crippen molar-refractivity contribution in [3.63, 3.8) is 0 Å². The number of pyridine rings is 1. The third-order valence-corrected chi connectivity index (χ3v) is 13.1. The van der Waals surface area contributed by atoms with Crippen molar-refractivity contribution in [1.29, 1.82) is 0 Å². The number of carbonyl (C=O) groups excluding carboxylic acids is 5. The molecular formula is C48H58N10O5. The van der Waals surface area contributed by atoms with E-state index in [9.17, 15) is 24.0 Å². The SMILES string of the molecule is CCCCC(=O)N1CCC(C[C@H](NC(=O)[C@@H](Cc2cc(C)c3[nH]ncc3c2)NC(=O)N2CCC(=C3C=c4ccccc4=NC3=O)CC2)C(=O)N2CCN(c3ccncc3)CC2)CC1. The lowest BCUT2D eigenvalue weighted by Crippen LogP contribution is -2.59. The number of amides is 6. The molecule has 3 saturated heterocycles. The predicted molar refractivity (Wildman–Crippen MR) is 240 cm³/mol. The average molecular weight is 855 g/mol. The summed E-state index contributed by atoms with van der Waals surface area (Å²) in [5.41, 5.74) is 5.30. The van der Waals surface area contributed by atoms with Gasteiger partial charge in [-0.2, -0.15) is 5.10 Å². The van der Waals surface area contributed by atoms with Gasteiger partial charge in [-0.15, -0.1) is 0 Å². The Morgan fingerprint density at radius 1 is 0.857 bits per heavy atom. The van der Waals surface area contributed by atoms with Crippen molar-refractivity contribution in [1.82, 2.24) is 40.5 Å². The van der Waals surface area contributed by atoms with Crippen molar-refractivity contribution < 1.29 is 24.0 Å². The van der Waals surface area contributed by atoms with E-state index in [-0.39, 0.29) is 36.1 Å². The number of rotatable bonds is 12. The number of H-pyrrole nitrogens is 1. The van der Waals surface area contributed by atoms with Crippen LogP contribution in [0.2, 0.25) is 0 Å². The number of aromatic amines is 1. The second kappa shape index (κ2) is 19.8. The number of benzene rings is 2. The second-order valence-corrected chi connectivity index (χ2v) is 17.3. The molecule has 4 aromatic rings. The molecule has 6 heterocycles. The summed E-state index contributed by atoms with van der Waals surface area (Å²) in [6.07, 6.45) is 12.7. The van der Waals surface area contributed by atoms with Crippen LogP contribution in [0.4, 0.5) is 10.5 Å². The number of anilines is 1. The molecule has 15 nitrogen and oxygen atoms in total. The summed E-state index contributed by atoms with van der Waals surface area (Å²) in [6.45, 7) is 8.34. The van der Waals surface area contributed by atoms with Gasteiger partial charge in [0, 0.05) is 99.5 Å². The highest BCUT2D eigenvalue weighted by Gasteiger charge is 2.35. The Kier molecular flexibility index (Phi) is 13.6. The Hall–Kier alpha value is -6.38. The van der Waals surface area contributed by atoms with E-state index in [1.165, 1.54) is 0 Å². The van der Waals surface area contributed by atoms with Gasteiger partial charge in [0.05, 0.1) is 17.1 Å². The first kappa shape index (κ1) is 43.3. The van der Waals surface area contributed by atoms with Crippen molar-refractivity contribution >= 4 is 52.3 Å². The van der Waals surface area contributed by atoms with Gasteiger partial charge < -0.3 is 30.2 Å². The topological polar surface area (TPSA) is 176 Å². The first-order valence-corrected chi connectivity index (χ1v) is 22.5. The summed E-state index contributed by atoms with van der Waals surface area (Å²) < 4.78 is 0. The Labute approximate surface area is 367 Å². The monoisotopic (exact) mass is 854 g/mol. The summed E-state index contributed by atoms with van der Waals surface area (Å²) in [7, 11) is 0. The Morgan fingerprint density at radius 2 is 1.60 bits per heavy atom. The number of carbonyl (C=O) groups is 5. The fourth-order valence-electron chi connectivity index (χ4n) is 9.41. The first-order valence-electron chi connectivity index (χ1n) is 22.5. The lowest BCUT2D eigenvalue weighted by Gasteiger charge is -2.39. The molecule has 0 saturated carbocycles. The van der Waals surface area contributed by atoms with E-state index in [4.69, 9.17) is 0 Å². The minimum atomic E-state index is -0.999. The lowest BCUT2D eigenvalue weighted by molar-refractivity contribution is -0.138. The standard InChI is InChI=1S/C48H58N10O5/c1-3-4-9-43(59)56-18-12-33(13-19-56)28-42(47(62)57-24-22-55(23-25-57)38-10-16-49-17-11-38)52-46(61)41(29-34-26-32(2)44-37(27-34)31-50-54-44)53-48(63)58-20-14-35(15-21-58)39-30-36-7-5-6-8-40(36)51-45(39)60/h5-8,10-11,16-17,26-27,30-31,33,41-42H,3-4,9,12-15,18-25,28-29H2,1-2H3,(H,50,54)(H,52,61)(H,53,63)/t41-,42+/m1/s1. The van der Waals surface area contributed by atoms with Crippen molar-refractivity contribution in [3.05, 3.63) is 100.0 Å². The largest absolute Gasteiger partial charge is 0.368 e. The lowest BCUT2D eigenvalue weighted by atomic mass is 9.89. The van der Waals surface area contributed by atoms with E-state index in [1.807, 2.05) is 71.3 Å². The van der Waals surface area contributed by atoms with Crippen LogP contribution in [0.25, 0.3) is 17.0 Å². The molecule has 8 rings (SSSR count). The summed E-state index contributed by atoms with van der Waals surface area (Å²) in [4.78, 5) is 85.4. The highest BCUT2D eigenvalue weighted by Crippen LogP contribution is 2.26. The molecular weight excluding hydrogens is 797 g/mol. The van der Waals surface area contributed by atoms with Crippen molar-refractivity contribution in [2.75, 3.05) is 57.3 Å². The van der Waals surface area contributed by atoms with Gasteiger partial charge in [0.1, 0.15) is 12.1 Å². The number of urea groups is 1. The maximum atomic E-state index is 14.7. The summed E-state index contributed by atoms with van der Waals surface area (Å²) in [5, 5.41) is 15.9. The minimum Gasteiger partial charge on any atom is -0.368 e. The van der Waals surface area contributed by atoms with Crippen LogP contribution in [0.3, 0.4) is 0 Å². The molecule has 0 aliphatic carbocycles. The normalized spacial score (nSPS) is 18.0. The fraction of sp³-hybridized carbons (Fsp3) is 0.458. The van der Waals surface area contributed by atoms with Crippen LogP contribution in [-0.4, -0.2) is 124 Å². The van der Waals surface area contributed by atoms with Crippen molar-refractivity contribution in [3.8, 4) is 0 Å². The van der Waals surface area contributed by atoms with Gasteiger partial charge in [0.15, 0.2) is 0 Å². The molecule has 15 heteroatoms. The number of para-hydroxylation sites is 1. The molecule has 0 bridgehead atoms. The van der Waals surface area contributed by atoms with Crippen LogP contribution in [0, 0.1) is 12.8 Å². The predicted octanol–water partition coefficient (Wildman–Crippen LogP) is 3.57. The zero-order chi connectivity index (χ0) is 43.9. The van der Waals surface area contributed by atoms with E-state index in [2.05, 4.69) is 42.6 Å². The molecule has 2 aromatic carbocycles. The third-order valence-electron chi connectivity index (χ3n) is 13.1. The first-order chi connectivity index (χ1) is 30.6. The van der Waals surface area contributed by atoms with Gasteiger partial charge in [-0.3, -0.25) is 29.3 Å². The second-order valence-electron chi connectivity index (χ2n) is 17.3. The van der Waals surface area contributed by atoms with E-state index in [0.717, 1.165) is 64.2 Å². The molecule has 4 aliphatic heterocycles. The number of unbranched alkanes of at least 4 members (excludes halogenated alkanes) is 1. The highest BCUT2D eigenvalue weighted by atomic mass is 16.2. The van der Waals surface area contributed by atoms with Gasteiger partial charge in [0.2, 0.25) is 17.7 Å². The van der Waals surface area contributed by atoms with Crippen LogP contribution < -0.4 is 26.1 Å². The quantitative estimate of drug-likeness (QED) is 0.181. The summed E-state index contributed by atoms with van der Waals surface area (Å²) in [5.74, 6) is -0.543. The maximum absolute atomic E-state index is 14.7. The van der Waals surface area contributed by atoms with E-state index in [0.29, 0.717) is 89.0 Å². The minimum absolute atomic E-state index is 0.123. The van der Waals surface area contributed by atoms with Crippen LogP contribution in [0.5, 0.6) is 0 Å². The van der Waals surface area contributed by atoms with Crippen LogP contribution in [-0.2, 0) is 25.6 Å². The molecule has 3 N–H and O–H groups in total. The Bertz CT molecular complexity index is 2480. The number of fused-ring (bicyclic) bond motifs is 2. The molecule has 330 valence electrons. The molecule has 3 fully saturated rings. The molecule has 0 radical (unpaired) electrons. The number of hydrogen-bond donors (Lipinski definition) is 3. The maximum Gasteiger partial charge on any atom is 0.318 e. The molecule has 63 heavy (non-hydrogen) atoms. The molecule has 2 atom stereocenters. The number of piperidine rings is 2. The Morgan fingerprint density at radius 3 is 2.35 bits per heavy atom. The molecule has 2 aromatic heterocycles. The van der Waals surface area contributed by atoms with Crippen LogP contribution >= 0.6 is 0 Å². The van der Waals surface area contributed by atoms with Gasteiger partial charge in [-0.25, -0.2) is 9.79 Å². The number of nitrogens with zero attached hydrogens (tertiary/aromatic N) is 7. The Balaban J connectivity index is 0.995. The molecule has 6 amide bonds. The average Bonchev–Trinajstić information content (AvgIpc) is 3.80. The van der Waals surface area contributed by atoms with Gasteiger partial charge in [0.25, 0.3) is 5.91 Å². The van der Waals surface area contributed by atoms with E-state index < -0.39 is 18.0 Å². The molecule has 0 unspecified atom stereocenters. The van der Waals surface area contributed by atoms with Crippen LogP contribution in [0.15, 0.2) is 83.3 Å². The number of nitrogens with one attached hydrogen (secondary N) is 3. The zero-order valence-electron chi connectivity index (χ0n) is 36.4.